The molecule has 2 aromatic rings. The van der Waals surface area contributed by atoms with Gasteiger partial charge in [0.15, 0.2) is 6.61 Å². The van der Waals surface area contributed by atoms with Crippen molar-refractivity contribution in [2.45, 2.75) is 0 Å². The predicted octanol–water partition coefficient (Wildman–Crippen LogP) is 3.86. The molecule has 0 amide bonds. The number of hydrogen-bond acceptors (Lipinski definition) is 3. The number of para-hydroxylation sites is 1. The van der Waals surface area contributed by atoms with Crippen LogP contribution in [0.4, 0.5) is 4.39 Å². The summed E-state index contributed by atoms with van der Waals surface area (Å²) in [6.07, 6.45) is 0. The standard InChI is InChI=1S/C15H12BrFO3/c1-19-15-5-3-2-4-13(15)14(18)9-20-12-7-10(16)6-11(17)8-12/h2-8H,9H2,1H3. The Hall–Kier alpha value is -1.88. The third-order valence-corrected chi connectivity index (χ3v) is 3.07. The molecule has 104 valence electrons. The van der Waals surface area contributed by atoms with Crippen molar-refractivity contribution in [2.75, 3.05) is 13.7 Å². The lowest BCUT2D eigenvalue weighted by atomic mass is 10.1. The van der Waals surface area contributed by atoms with E-state index in [-0.39, 0.29) is 12.4 Å². The van der Waals surface area contributed by atoms with E-state index in [1.807, 2.05) is 0 Å². The van der Waals surface area contributed by atoms with Crippen LogP contribution in [0.1, 0.15) is 10.4 Å². The first-order chi connectivity index (χ1) is 9.60. The second-order valence-electron chi connectivity index (χ2n) is 4.02. The van der Waals surface area contributed by atoms with E-state index >= 15 is 0 Å². The smallest absolute Gasteiger partial charge is 0.203 e. The molecule has 0 radical (unpaired) electrons. The van der Waals surface area contributed by atoms with Crippen LogP contribution in [-0.2, 0) is 0 Å². The first-order valence-electron chi connectivity index (χ1n) is 5.85. The number of benzene rings is 2. The van der Waals surface area contributed by atoms with Crippen LogP contribution in [0.5, 0.6) is 11.5 Å². The van der Waals surface area contributed by atoms with Crippen LogP contribution in [0.15, 0.2) is 46.9 Å². The first kappa shape index (κ1) is 14.5. The zero-order chi connectivity index (χ0) is 14.5. The van der Waals surface area contributed by atoms with Gasteiger partial charge in [0.2, 0.25) is 5.78 Å². The molecule has 20 heavy (non-hydrogen) atoms. The number of ether oxygens (including phenoxy) is 2. The summed E-state index contributed by atoms with van der Waals surface area (Å²) >= 11 is 3.16. The van der Waals surface area contributed by atoms with Crippen molar-refractivity contribution >= 4 is 21.7 Å². The maximum Gasteiger partial charge on any atom is 0.203 e. The van der Waals surface area contributed by atoms with E-state index in [0.29, 0.717) is 21.5 Å². The van der Waals surface area contributed by atoms with Gasteiger partial charge in [0.25, 0.3) is 0 Å². The average molecular weight is 339 g/mol. The molecule has 0 heterocycles. The van der Waals surface area contributed by atoms with Crippen molar-refractivity contribution in [2.24, 2.45) is 0 Å². The lowest BCUT2D eigenvalue weighted by Gasteiger charge is -2.09. The second-order valence-corrected chi connectivity index (χ2v) is 4.93. The largest absolute Gasteiger partial charge is 0.496 e. The number of halogens is 2. The lowest BCUT2D eigenvalue weighted by molar-refractivity contribution is 0.0918. The molecule has 0 aromatic heterocycles. The molecule has 0 unspecified atom stereocenters. The molecule has 0 aliphatic heterocycles. The predicted molar refractivity (Wildman–Crippen MR) is 76.9 cm³/mol. The molecule has 0 aliphatic carbocycles. The number of hydrogen-bond donors (Lipinski definition) is 0. The van der Waals surface area contributed by atoms with Crippen LogP contribution < -0.4 is 9.47 Å². The maximum absolute atomic E-state index is 13.2. The number of rotatable bonds is 5. The minimum atomic E-state index is -0.431. The van der Waals surface area contributed by atoms with Crippen LogP contribution >= 0.6 is 15.9 Å². The maximum atomic E-state index is 13.2. The van der Waals surface area contributed by atoms with E-state index in [2.05, 4.69) is 15.9 Å². The number of ketones is 1. The third-order valence-electron chi connectivity index (χ3n) is 2.61. The Bertz CT molecular complexity index is 608. The molecule has 2 aromatic carbocycles. The highest BCUT2D eigenvalue weighted by Crippen LogP contribution is 2.22. The molecular weight excluding hydrogens is 327 g/mol. The van der Waals surface area contributed by atoms with Gasteiger partial charge in [0.05, 0.1) is 12.7 Å². The molecule has 0 bridgehead atoms. The van der Waals surface area contributed by atoms with Gasteiger partial charge in [-0.3, -0.25) is 4.79 Å². The molecule has 0 atom stereocenters. The van der Waals surface area contributed by atoms with Gasteiger partial charge >= 0.3 is 0 Å². The Morgan fingerprint density at radius 2 is 2.00 bits per heavy atom. The summed E-state index contributed by atoms with van der Waals surface area (Å²) in [5, 5.41) is 0. The van der Waals surface area contributed by atoms with Crippen molar-refractivity contribution < 1.29 is 18.7 Å². The lowest BCUT2D eigenvalue weighted by Crippen LogP contribution is -2.12. The Balaban J connectivity index is 2.08. The topological polar surface area (TPSA) is 35.5 Å². The van der Waals surface area contributed by atoms with E-state index in [0.717, 1.165) is 0 Å². The molecule has 0 N–H and O–H groups in total. The summed E-state index contributed by atoms with van der Waals surface area (Å²) in [5.74, 6) is 0.114. The van der Waals surface area contributed by atoms with Crippen LogP contribution in [0.2, 0.25) is 0 Å². The quantitative estimate of drug-likeness (QED) is 0.776. The van der Waals surface area contributed by atoms with E-state index in [9.17, 15) is 9.18 Å². The number of Topliss-reactive ketones (excluding diaryl/α,β-unsaturated/α-hetero) is 1. The summed E-state index contributed by atoms with van der Waals surface area (Å²) < 4.78 is 24.2. The minimum Gasteiger partial charge on any atom is -0.496 e. The highest BCUT2D eigenvalue weighted by molar-refractivity contribution is 9.10. The summed E-state index contributed by atoms with van der Waals surface area (Å²) in [7, 11) is 1.50. The molecule has 0 saturated heterocycles. The van der Waals surface area contributed by atoms with Crippen molar-refractivity contribution in [1.82, 2.24) is 0 Å². The van der Waals surface area contributed by atoms with Gasteiger partial charge in [-0.25, -0.2) is 4.39 Å². The van der Waals surface area contributed by atoms with Gasteiger partial charge in [-0.1, -0.05) is 28.1 Å². The van der Waals surface area contributed by atoms with Crippen molar-refractivity contribution in [1.29, 1.82) is 0 Å². The second kappa shape index (κ2) is 6.52. The molecule has 0 spiro atoms. The zero-order valence-corrected chi connectivity index (χ0v) is 12.3. The third kappa shape index (κ3) is 3.57. The van der Waals surface area contributed by atoms with Crippen LogP contribution in [0.25, 0.3) is 0 Å². The fourth-order valence-electron chi connectivity index (χ4n) is 1.71. The van der Waals surface area contributed by atoms with Crippen molar-refractivity contribution in [3.63, 3.8) is 0 Å². The van der Waals surface area contributed by atoms with Gasteiger partial charge in [0, 0.05) is 10.5 Å². The van der Waals surface area contributed by atoms with E-state index in [1.54, 1.807) is 30.3 Å². The first-order valence-corrected chi connectivity index (χ1v) is 6.64. The van der Waals surface area contributed by atoms with Gasteiger partial charge in [0.1, 0.15) is 17.3 Å². The number of carbonyl (C=O) groups excluding carboxylic acids is 1. The average Bonchev–Trinajstić information content (AvgIpc) is 2.43. The fraction of sp³-hybridized carbons (Fsp3) is 0.133. The number of carbonyl (C=O) groups is 1. The van der Waals surface area contributed by atoms with Crippen molar-refractivity contribution in [3.8, 4) is 11.5 Å². The molecule has 5 heteroatoms. The summed E-state index contributed by atoms with van der Waals surface area (Å²) in [5.41, 5.74) is 0.436. The minimum absolute atomic E-state index is 0.184. The van der Waals surface area contributed by atoms with Gasteiger partial charge in [-0.05, 0) is 24.3 Å². The molecule has 0 saturated carbocycles. The van der Waals surface area contributed by atoms with Gasteiger partial charge in [-0.2, -0.15) is 0 Å². The summed E-state index contributed by atoms with van der Waals surface area (Å²) in [4.78, 5) is 12.1. The van der Waals surface area contributed by atoms with Crippen molar-refractivity contribution in [3.05, 3.63) is 58.3 Å². The molecule has 0 fully saturated rings. The Kier molecular flexibility index (Phi) is 4.74. The highest BCUT2D eigenvalue weighted by atomic mass is 79.9. The SMILES string of the molecule is COc1ccccc1C(=O)COc1cc(F)cc(Br)c1. The van der Waals surface area contributed by atoms with E-state index in [4.69, 9.17) is 9.47 Å². The molecule has 3 nitrogen and oxygen atoms in total. The fourth-order valence-corrected chi connectivity index (χ4v) is 2.16. The monoisotopic (exact) mass is 338 g/mol. The Morgan fingerprint density at radius 1 is 1.25 bits per heavy atom. The zero-order valence-electron chi connectivity index (χ0n) is 10.7. The number of methoxy groups -OCH3 is 1. The van der Waals surface area contributed by atoms with Gasteiger partial charge < -0.3 is 9.47 Å². The summed E-state index contributed by atoms with van der Waals surface area (Å²) in [6.45, 7) is -0.184. The molecular formula is C15H12BrFO3. The normalized spacial score (nSPS) is 10.2. The van der Waals surface area contributed by atoms with E-state index in [1.165, 1.54) is 19.2 Å². The molecule has 2 rings (SSSR count). The highest BCUT2D eigenvalue weighted by Gasteiger charge is 2.12. The van der Waals surface area contributed by atoms with E-state index < -0.39 is 5.82 Å². The van der Waals surface area contributed by atoms with Crippen LogP contribution in [0, 0.1) is 5.82 Å². The summed E-state index contributed by atoms with van der Waals surface area (Å²) in [6, 6.07) is 11.0. The van der Waals surface area contributed by atoms with Gasteiger partial charge in [-0.15, -0.1) is 0 Å². The van der Waals surface area contributed by atoms with Crippen LogP contribution in [0.3, 0.4) is 0 Å². The molecule has 0 aliphatic rings. The van der Waals surface area contributed by atoms with Crippen LogP contribution in [-0.4, -0.2) is 19.5 Å². The Labute approximate surface area is 124 Å². The Morgan fingerprint density at radius 3 is 2.70 bits per heavy atom.